The molecule has 0 bridgehead atoms. The first-order chi connectivity index (χ1) is 13.7. The van der Waals surface area contributed by atoms with E-state index in [4.69, 9.17) is 9.47 Å². The highest BCUT2D eigenvalue weighted by Gasteiger charge is 2.10. The predicted molar refractivity (Wildman–Crippen MR) is 108 cm³/mol. The van der Waals surface area contributed by atoms with Gasteiger partial charge in [0.15, 0.2) is 0 Å². The summed E-state index contributed by atoms with van der Waals surface area (Å²) in [4.78, 5) is 20.9. The number of amides is 1. The summed E-state index contributed by atoms with van der Waals surface area (Å²) in [5.74, 6) is 1.58. The van der Waals surface area contributed by atoms with Crippen LogP contribution in [-0.2, 0) is 6.42 Å². The summed E-state index contributed by atoms with van der Waals surface area (Å²) in [6.07, 6.45) is 2.34. The van der Waals surface area contributed by atoms with Crippen molar-refractivity contribution < 1.29 is 14.3 Å². The monoisotopic (exact) mass is 378 g/mol. The molecule has 2 aromatic carbocycles. The van der Waals surface area contributed by atoms with E-state index >= 15 is 0 Å². The highest BCUT2D eigenvalue weighted by atomic mass is 16.5. The Morgan fingerprint density at radius 3 is 2.54 bits per heavy atom. The minimum atomic E-state index is -0.313. The van der Waals surface area contributed by atoms with Crippen LogP contribution < -0.4 is 20.1 Å². The van der Waals surface area contributed by atoms with Crippen LogP contribution in [0.3, 0.4) is 0 Å². The highest BCUT2D eigenvalue weighted by molar-refractivity contribution is 6.03. The molecular weight excluding hydrogens is 356 g/mol. The van der Waals surface area contributed by atoms with Gasteiger partial charge in [-0.15, -0.1) is 0 Å². The smallest absolute Gasteiger partial charge is 0.274 e. The molecule has 0 radical (unpaired) electrons. The molecule has 0 unspecified atom stereocenters. The van der Waals surface area contributed by atoms with Gasteiger partial charge in [0.1, 0.15) is 17.2 Å². The van der Waals surface area contributed by atoms with Gasteiger partial charge in [-0.2, -0.15) is 0 Å². The Morgan fingerprint density at radius 2 is 1.75 bits per heavy atom. The maximum absolute atomic E-state index is 12.4. The SMILES string of the molecule is COc1cccc(CCNc2nccc(C(=O)Nc3cccc(OC)c3)n2)c1. The van der Waals surface area contributed by atoms with E-state index in [0.717, 1.165) is 17.7 Å². The third kappa shape index (κ3) is 5.20. The largest absolute Gasteiger partial charge is 0.497 e. The lowest BCUT2D eigenvalue weighted by Crippen LogP contribution is -2.16. The summed E-state index contributed by atoms with van der Waals surface area (Å²) >= 11 is 0. The second-order valence-electron chi connectivity index (χ2n) is 5.98. The van der Waals surface area contributed by atoms with Gasteiger partial charge >= 0.3 is 0 Å². The van der Waals surface area contributed by atoms with Gasteiger partial charge in [0, 0.05) is 24.5 Å². The number of hydrogen-bond acceptors (Lipinski definition) is 6. The van der Waals surface area contributed by atoms with Gasteiger partial charge in [-0.3, -0.25) is 4.79 Å². The average Bonchev–Trinajstić information content (AvgIpc) is 2.74. The molecule has 0 aliphatic rings. The number of carbonyl (C=O) groups is 1. The van der Waals surface area contributed by atoms with Gasteiger partial charge in [-0.1, -0.05) is 18.2 Å². The standard InChI is InChI=1S/C21H22N4O3/c1-27-17-7-3-5-15(13-17)9-11-22-21-23-12-10-19(25-21)20(26)24-16-6-4-8-18(14-16)28-2/h3-8,10,12-14H,9,11H2,1-2H3,(H,24,26)(H,22,23,25). The fourth-order valence-corrected chi connectivity index (χ4v) is 2.61. The first-order valence-corrected chi connectivity index (χ1v) is 8.83. The molecule has 0 aliphatic carbocycles. The molecule has 0 saturated heterocycles. The Labute approximate surface area is 163 Å². The van der Waals surface area contributed by atoms with Crippen molar-refractivity contribution in [3.05, 3.63) is 72.1 Å². The number of ether oxygens (including phenoxy) is 2. The molecular formula is C21H22N4O3. The molecule has 3 rings (SSSR count). The Morgan fingerprint density at radius 1 is 1.00 bits per heavy atom. The van der Waals surface area contributed by atoms with Gasteiger partial charge < -0.3 is 20.1 Å². The number of hydrogen-bond donors (Lipinski definition) is 2. The van der Waals surface area contributed by atoms with Gasteiger partial charge in [-0.05, 0) is 42.3 Å². The second-order valence-corrected chi connectivity index (χ2v) is 5.98. The summed E-state index contributed by atoms with van der Waals surface area (Å²) in [6, 6.07) is 16.6. The fraction of sp³-hybridized carbons (Fsp3) is 0.190. The number of rotatable bonds is 8. The minimum Gasteiger partial charge on any atom is -0.497 e. The number of anilines is 2. The average molecular weight is 378 g/mol. The van der Waals surface area contributed by atoms with Crippen LogP contribution in [0.25, 0.3) is 0 Å². The van der Waals surface area contributed by atoms with E-state index in [2.05, 4.69) is 20.6 Å². The minimum absolute atomic E-state index is 0.279. The van der Waals surface area contributed by atoms with Crippen LogP contribution >= 0.6 is 0 Å². The van der Waals surface area contributed by atoms with Crippen LogP contribution in [0.15, 0.2) is 60.8 Å². The molecule has 3 aromatic rings. The normalized spacial score (nSPS) is 10.2. The summed E-state index contributed by atoms with van der Waals surface area (Å²) in [5.41, 5.74) is 2.05. The van der Waals surface area contributed by atoms with E-state index in [9.17, 15) is 4.79 Å². The summed E-state index contributed by atoms with van der Waals surface area (Å²) in [5, 5.41) is 5.95. The van der Waals surface area contributed by atoms with E-state index in [1.54, 1.807) is 44.7 Å². The van der Waals surface area contributed by atoms with E-state index in [1.165, 1.54) is 0 Å². The van der Waals surface area contributed by atoms with Crippen LogP contribution in [0.2, 0.25) is 0 Å². The van der Waals surface area contributed by atoms with Crippen LogP contribution in [0, 0.1) is 0 Å². The first-order valence-electron chi connectivity index (χ1n) is 8.83. The molecule has 0 saturated carbocycles. The fourth-order valence-electron chi connectivity index (χ4n) is 2.61. The van der Waals surface area contributed by atoms with Crippen molar-refractivity contribution in [3.8, 4) is 11.5 Å². The lowest BCUT2D eigenvalue weighted by molar-refractivity contribution is 0.102. The molecule has 0 aliphatic heterocycles. The number of carbonyl (C=O) groups excluding carboxylic acids is 1. The molecule has 2 N–H and O–H groups in total. The van der Waals surface area contributed by atoms with Crippen LogP contribution in [0.1, 0.15) is 16.1 Å². The van der Waals surface area contributed by atoms with Crippen molar-refractivity contribution in [1.82, 2.24) is 9.97 Å². The molecule has 1 aromatic heterocycles. The highest BCUT2D eigenvalue weighted by Crippen LogP contribution is 2.17. The maximum Gasteiger partial charge on any atom is 0.274 e. The Balaban J connectivity index is 1.59. The Hall–Kier alpha value is -3.61. The quantitative estimate of drug-likeness (QED) is 0.625. The topological polar surface area (TPSA) is 85.4 Å². The Bertz CT molecular complexity index is 946. The molecule has 7 nitrogen and oxygen atoms in total. The molecule has 1 heterocycles. The summed E-state index contributed by atoms with van der Waals surface area (Å²) in [7, 11) is 3.22. The zero-order chi connectivity index (χ0) is 19.8. The Kier molecular flexibility index (Phi) is 6.41. The van der Waals surface area contributed by atoms with Crippen molar-refractivity contribution in [1.29, 1.82) is 0 Å². The predicted octanol–water partition coefficient (Wildman–Crippen LogP) is 3.40. The lowest BCUT2D eigenvalue weighted by atomic mass is 10.1. The third-order valence-electron chi connectivity index (χ3n) is 4.05. The number of methoxy groups -OCH3 is 2. The lowest BCUT2D eigenvalue weighted by Gasteiger charge is -2.09. The van der Waals surface area contributed by atoms with E-state index < -0.39 is 0 Å². The van der Waals surface area contributed by atoms with Crippen molar-refractivity contribution in [2.24, 2.45) is 0 Å². The van der Waals surface area contributed by atoms with Gasteiger partial charge in [0.2, 0.25) is 5.95 Å². The maximum atomic E-state index is 12.4. The number of nitrogens with one attached hydrogen (secondary N) is 2. The molecule has 0 spiro atoms. The molecule has 144 valence electrons. The molecule has 0 atom stereocenters. The summed E-state index contributed by atoms with van der Waals surface area (Å²) < 4.78 is 10.4. The van der Waals surface area contributed by atoms with Gasteiger partial charge in [0.05, 0.1) is 14.2 Å². The van der Waals surface area contributed by atoms with E-state index in [1.807, 2.05) is 30.3 Å². The van der Waals surface area contributed by atoms with E-state index in [-0.39, 0.29) is 11.6 Å². The third-order valence-corrected chi connectivity index (χ3v) is 4.05. The van der Waals surface area contributed by atoms with Crippen LogP contribution in [0.5, 0.6) is 11.5 Å². The molecule has 28 heavy (non-hydrogen) atoms. The second kappa shape index (κ2) is 9.36. The summed E-state index contributed by atoms with van der Waals surface area (Å²) in [6.45, 7) is 0.633. The number of aromatic nitrogens is 2. The van der Waals surface area contributed by atoms with Crippen LogP contribution in [-0.4, -0.2) is 36.6 Å². The number of benzene rings is 2. The molecule has 1 amide bonds. The van der Waals surface area contributed by atoms with E-state index in [0.29, 0.717) is 23.9 Å². The molecule has 0 fully saturated rings. The van der Waals surface area contributed by atoms with Crippen molar-refractivity contribution in [3.63, 3.8) is 0 Å². The first kappa shape index (κ1) is 19.2. The van der Waals surface area contributed by atoms with Crippen molar-refractivity contribution >= 4 is 17.5 Å². The van der Waals surface area contributed by atoms with Gasteiger partial charge in [-0.25, -0.2) is 9.97 Å². The zero-order valence-electron chi connectivity index (χ0n) is 15.8. The van der Waals surface area contributed by atoms with Crippen molar-refractivity contribution in [2.45, 2.75) is 6.42 Å². The van der Waals surface area contributed by atoms with Gasteiger partial charge in [0.25, 0.3) is 5.91 Å². The van der Waals surface area contributed by atoms with Crippen molar-refractivity contribution in [2.75, 3.05) is 31.4 Å². The zero-order valence-corrected chi connectivity index (χ0v) is 15.8. The number of nitrogens with zero attached hydrogens (tertiary/aromatic N) is 2. The molecule has 7 heteroatoms. The van der Waals surface area contributed by atoms with Crippen LogP contribution in [0.4, 0.5) is 11.6 Å².